The highest BCUT2D eigenvalue weighted by molar-refractivity contribution is 6.29. The molecule has 0 bridgehead atoms. The summed E-state index contributed by atoms with van der Waals surface area (Å²) in [6, 6.07) is 11.8. The number of Topliss-reactive ketones (excluding diaryl/α,β-unsaturated/α-hetero) is 1. The Bertz CT molecular complexity index is 1040. The number of nitrogens with one attached hydrogen (secondary N) is 2. The number of fused-ring (bicyclic) bond motifs is 1. The highest BCUT2D eigenvalue weighted by atomic mass is 16.3. The summed E-state index contributed by atoms with van der Waals surface area (Å²) in [5.74, 6) is 0.745. The normalized spacial score (nSPS) is 16.4. The van der Waals surface area contributed by atoms with E-state index in [-0.39, 0.29) is 17.3 Å². The molecule has 0 atom stereocenters. The number of anilines is 1. The van der Waals surface area contributed by atoms with Crippen molar-refractivity contribution in [1.82, 2.24) is 15.3 Å². The van der Waals surface area contributed by atoms with Gasteiger partial charge in [-0.15, -0.1) is 0 Å². The predicted molar refractivity (Wildman–Crippen MR) is 103 cm³/mol. The number of aromatic nitrogens is 2. The smallest absolute Gasteiger partial charge is 0.195 e. The number of aromatic hydroxyl groups is 2. The van der Waals surface area contributed by atoms with Crippen molar-refractivity contribution in [3.8, 4) is 11.5 Å². The number of carbonyl (C=O) groups is 1. The van der Waals surface area contributed by atoms with E-state index in [1.807, 2.05) is 24.3 Å². The lowest BCUT2D eigenvalue weighted by atomic mass is 9.95. The summed E-state index contributed by atoms with van der Waals surface area (Å²) in [5, 5.41) is 22.9. The maximum Gasteiger partial charge on any atom is 0.195 e. The summed E-state index contributed by atoms with van der Waals surface area (Å²) >= 11 is 0. The lowest BCUT2D eigenvalue weighted by molar-refractivity contribution is -0.116. The number of phenolic OH excluding ortho intramolecular Hbond substituents is 2. The Morgan fingerprint density at radius 3 is 2.41 bits per heavy atom. The zero-order valence-electron chi connectivity index (χ0n) is 15.2. The largest absolute Gasteiger partial charge is 0.508 e. The lowest BCUT2D eigenvalue weighted by Gasteiger charge is -2.34. The van der Waals surface area contributed by atoms with Gasteiger partial charge in [-0.2, -0.15) is 0 Å². The Morgan fingerprint density at radius 2 is 1.78 bits per heavy atom. The zero-order valence-corrected chi connectivity index (χ0v) is 15.2. The molecule has 0 amide bonds. The van der Waals surface area contributed by atoms with Gasteiger partial charge in [-0.3, -0.25) is 4.79 Å². The summed E-state index contributed by atoms with van der Waals surface area (Å²) < 4.78 is 0. The third kappa shape index (κ3) is 2.51. The van der Waals surface area contributed by atoms with E-state index >= 15 is 0 Å². The molecular weight excluding hydrogens is 344 g/mol. The molecule has 0 saturated carbocycles. The number of hydrogen-bond donors (Lipinski definition) is 4. The van der Waals surface area contributed by atoms with Crippen LogP contribution in [0.5, 0.6) is 11.5 Å². The molecule has 0 saturated heterocycles. The van der Waals surface area contributed by atoms with Crippen LogP contribution in [0.15, 0.2) is 48.3 Å². The molecule has 3 aromatic rings. The minimum absolute atomic E-state index is 0.0825. The highest BCUT2D eigenvalue weighted by Gasteiger charge is 2.48. The van der Waals surface area contributed by atoms with E-state index in [1.54, 1.807) is 25.8 Å². The second-order valence-corrected chi connectivity index (χ2v) is 7.01. The van der Waals surface area contributed by atoms with Crippen molar-refractivity contribution in [1.29, 1.82) is 0 Å². The molecule has 4 rings (SSSR count). The van der Waals surface area contributed by atoms with E-state index in [9.17, 15) is 15.0 Å². The molecule has 1 aromatic heterocycles. The summed E-state index contributed by atoms with van der Waals surface area (Å²) in [7, 11) is 1.72. The van der Waals surface area contributed by atoms with Crippen molar-refractivity contribution < 1.29 is 15.0 Å². The van der Waals surface area contributed by atoms with Crippen molar-refractivity contribution in [2.45, 2.75) is 19.4 Å². The quantitative estimate of drug-likeness (QED) is 0.570. The van der Waals surface area contributed by atoms with Crippen LogP contribution in [0.3, 0.4) is 0 Å². The number of benzene rings is 2. The van der Waals surface area contributed by atoms with E-state index in [4.69, 9.17) is 0 Å². The molecule has 0 aliphatic carbocycles. The molecule has 1 aliphatic heterocycles. The molecule has 0 radical (unpaired) electrons. The van der Waals surface area contributed by atoms with Gasteiger partial charge < -0.3 is 25.4 Å². The van der Waals surface area contributed by atoms with E-state index in [0.717, 1.165) is 11.0 Å². The van der Waals surface area contributed by atoms with Crippen LogP contribution in [0.2, 0.25) is 0 Å². The van der Waals surface area contributed by atoms with Crippen molar-refractivity contribution in [2.75, 3.05) is 11.9 Å². The van der Waals surface area contributed by atoms with Gasteiger partial charge in [-0.25, -0.2) is 4.98 Å². The Balaban J connectivity index is 1.94. The van der Waals surface area contributed by atoms with Crippen LogP contribution in [0.25, 0.3) is 16.6 Å². The minimum atomic E-state index is -0.938. The average molecular weight is 364 g/mol. The summed E-state index contributed by atoms with van der Waals surface area (Å²) in [6.45, 7) is 3.59. The van der Waals surface area contributed by atoms with Crippen LogP contribution >= 0.6 is 0 Å². The van der Waals surface area contributed by atoms with E-state index in [0.29, 0.717) is 22.9 Å². The lowest BCUT2D eigenvalue weighted by Crippen LogP contribution is -2.46. The number of nitrogens with zero attached hydrogens (tertiary/aromatic N) is 2. The number of imidazole rings is 1. The Hall–Kier alpha value is -3.48. The van der Waals surface area contributed by atoms with Gasteiger partial charge in [0, 0.05) is 25.2 Å². The molecular formula is C20H20N4O3. The second-order valence-electron chi connectivity index (χ2n) is 7.01. The molecule has 7 heteroatoms. The molecule has 1 aliphatic rings. The zero-order chi connectivity index (χ0) is 19.3. The molecule has 7 nitrogen and oxygen atoms in total. The first-order valence-electron chi connectivity index (χ1n) is 8.58. The van der Waals surface area contributed by atoms with E-state index in [1.165, 1.54) is 18.2 Å². The first kappa shape index (κ1) is 17.0. The molecule has 27 heavy (non-hydrogen) atoms. The van der Waals surface area contributed by atoms with E-state index in [2.05, 4.69) is 15.3 Å². The number of ketones is 1. The first-order chi connectivity index (χ1) is 12.8. The number of para-hydroxylation sites is 2. The van der Waals surface area contributed by atoms with Crippen LogP contribution < -0.4 is 10.2 Å². The third-order valence-corrected chi connectivity index (χ3v) is 4.81. The van der Waals surface area contributed by atoms with Gasteiger partial charge in [0.15, 0.2) is 5.78 Å². The van der Waals surface area contributed by atoms with Gasteiger partial charge in [0.25, 0.3) is 0 Å². The standard InChI is InChI=1S/C20H20N4O3/c1-20(2)17(27)16(18-22-14-6-4-5-7-15(14)23-18)19(21-3)24(20)11-8-12(25)10-13(26)9-11/h4-10,21,25-26H,1-3H3,(H,22,23). The van der Waals surface area contributed by atoms with Crippen molar-refractivity contribution in [3.63, 3.8) is 0 Å². The summed E-state index contributed by atoms with van der Waals surface area (Å²) in [5.41, 5.74) is 1.61. The molecule has 2 heterocycles. The fourth-order valence-electron chi connectivity index (χ4n) is 3.59. The number of carbonyl (C=O) groups excluding carboxylic acids is 1. The number of H-pyrrole nitrogens is 1. The molecule has 4 N–H and O–H groups in total. The number of rotatable bonds is 3. The van der Waals surface area contributed by atoms with Gasteiger partial charge in [0.1, 0.15) is 34.3 Å². The molecule has 0 unspecified atom stereocenters. The number of phenols is 2. The monoisotopic (exact) mass is 364 g/mol. The van der Waals surface area contributed by atoms with Gasteiger partial charge in [0.05, 0.1) is 16.7 Å². The molecule has 138 valence electrons. The average Bonchev–Trinajstić information content (AvgIpc) is 3.10. The van der Waals surface area contributed by atoms with Gasteiger partial charge in [-0.1, -0.05) is 12.1 Å². The number of aromatic amines is 1. The van der Waals surface area contributed by atoms with Gasteiger partial charge in [0.2, 0.25) is 0 Å². The van der Waals surface area contributed by atoms with Crippen LogP contribution in [0.1, 0.15) is 19.7 Å². The maximum absolute atomic E-state index is 13.3. The molecule has 0 spiro atoms. The Morgan fingerprint density at radius 1 is 1.11 bits per heavy atom. The Kier molecular flexibility index (Phi) is 3.62. The van der Waals surface area contributed by atoms with Crippen LogP contribution in [0.4, 0.5) is 5.69 Å². The first-order valence-corrected chi connectivity index (χ1v) is 8.58. The predicted octanol–water partition coefficient (Wildman–Crippen LogP) is 2.73. The maximum atomic E-state index is 13.3. The SMILES string of the molecule is CNC1=C(c2nc3ccccc3[nH]2)C(=O)C(C)(C)N1c1cc(O)cc(O)c1. The van der Waals surface area contributed by atoms with Crippen LogP contribution in [0, 0.1) is 0 Å². The summed E-state index contributed by atoms with van der Waals surface area (Å²) in [4.78, 5) is 22.8. The van der Waals surface area contributed by atoms with Gasteiger partial charge >= 0.3 is 0 Å². The topological polar surface area (TPSA) is 101 Å². The van der Waals surface area contributed by atoms with Crippen LogP contribution in [-0.4, -0.2) is 38.6 Å². The highest BCUT2D eigenvalue weighted by Crippen LogP contribution is 2.42. The Labute approximate surface area is 156 Å². The van der Waals surface area contributed by atoms with Crippen molar-refractivity contribution in [3.05, 3.63) is 54.1 Å². The fraction of sp³-hybridized carbons (Fsp3) is 0.200. The summed E-state index contributed by atoms with van der Waals surface area (Å²) in [6.07, 6.45) is 0. The second kappa shape index (κ2) is 5.77. The fourth-order valence-corrected chi connectivity index (χ4v) is 3.59. The molecule has 0 fully saturated rings. The molecule has 2 aromatic carbocycles. The minimum Gasteiger partial charge on any atom is -0.508 e. The van der Waals surface area contributed by atoms with Crippen molar-refractivity contribution >= 4 is 28.1 Å². The third-order valence-electron chi connectivity index (χ3n) is 4.81. The van der Waals surface area contributed by atoms with Crippen molar-refractivity contribution in [2.24, 2.45) is 0 Å². The number of hydrogen-bond acceptors (Lipinski definition) is 6. The van der Waals surface area contributed by atoms with Crippen LogP contribution in [-0.2, 0) is 4.79 Å². The van der Waals surface area contributed by atoms with E-state index < -0.39 is 5.54 Å². The van der Waals surface area contributed by atoms with Gasteiger partial charge in [-0.05, 0) is 26.0 Å².